The second kappa shape index (κ2) is 5.50. The lowest BCUT2D eigenvalue weighted by Gasteiger charge is -2.06. The Morgan fingerprint density at radius 1 is 1.32 bits per heavy atom. The minimum atomic E-state index is -0.851. The number of anilines is 1. The van der Waals surface area contributed by atoms with Gasteiger partial charge in [0.2, 0.25) is 0 Å². The van der Waals surface area contributed by atoms with Crippen LogP contribution in [0.1, 0.15) is 20.0 Å². The third-order valence-corrected chi connectivity index (χ3v) is 4.15. The van der Waals surface area contributed by atoms with Crippen LogP contribution >= 0.6 is 27.3 Å². The monoisotopic (exact) mass is 342 g/mol. The van der Waals surface area contributed by atoms with Gasteiger partial charge in [0, 0.05) is 10.2 Å². The Morgan fingerprint density at radius 3 is 2.58 bits per heavy atom. The first-order valence-electron chi connectivity index (χ1n) is 5.12. The lowest BCUT2D eigenvalue weighted by molar-refractivity contribution is 0.0995. The molecule has 1 aromatic heterocycles. The van der Waals surface area contributed by atoms with Gasteiger partial charge >= 0.3 is 0 Å². The Labute approximate surface area is 120 Å². The molecule has 3 N–H and O–H groups in total. The minimum Gasteiger partial charge on any atom is -0.366 e. The van der Waals surface area contributed by atoms with Gasteiger partial charge in [-0.1, -0.05) is 0 Å². The van der Waals surface area contributed by atoms with Gasteiger partial charge in [-0.05, 0) is 45.6 Å². The highest BCUT2D eigenvalue weighted by Crippen LogP contribution is 2.24. The van der Waals surface area contributed by atoms with Gasteiger partial charge in [0.25, 0.3) is 11.8 Å². The summed E-state index contributed by atoms with van der Waals surface area (Å²) in [6, 6.07) is 5.45. The van der Waals surface area contributed by atoms with Crippen molar-refractivity contribution in [1.82, 2.24) is 0 Å². The summed E-state index contributed by atoms with van der Waals surface area (Å²) in [6.07, 6.45) is 0. The highest BCUT2D eigenvalue weighted by atomic mass is 79.9. The molecule has 0 saturated heterocycles. The first kappa shape index (κ1) is 13.7. The van der Waals surface area contributed by atoms with Crippen LogP contribution in [0.4, 0.5) is 10.1 Å². The summed E-state index contributed by atoms with van der Waals surface area (Å²) in [5.74, 6) is -1.97. The molecular weight excluding hydrogens is 335 g/mol. The van der Waals surface area contributed by atoms with Crippen LogP contribution in [-0.4, -0.2) is 11.8 Å². The van der Waals surface area contributed by atoms with Crippen LogP contribution in [0, 0.1) is 5.82 Å². The Kier molecular flexibility index (Phi) is 3.96. The summed E-state index contributed by atoms with van der Waals surface area (Å²) in [7, 11) is 0. The van der Waals surface area contributed by atoms with Crippen molar-refractivity contribution in [2.45, 2.75) is 0 Å². The molecule has 0 fully saturated rings. The van der Waals surface area contributed by atoms with Crippen molar-refractivity contribution in [1.29, 1.82) is 0 Å². The van der Waals surface area contributed by atoms with Crippen LogP contribution in [-0.2, 0) is 0 Å². The zero-order chi connectivity index (χ0) is 14.0. The van der Waals surface area contributed by atoms with Crippen molar-refractivity contribution in [3.05, 3.63) is 50.4 Å². The maximum Gasteiger partial charge on any atom is 0.266 e. The number of carbonyl (C=O) groups is 2. The zero-order valence-corrected chi connectivity index (χ0v) is 11.8. The number of halogens is 2. The normalized spacial score (nSPS) is 10.2. The van der Waals surface area contributed by atoms with Crippen molar-refractivity contribution >= 4 is 44.8 Å². The molecule has 2 amide bonds. The molecule has 2 aromatic rings. The van der Waals surface area contributed by atoms with Crippen LogP contribution in [0.25, 0.3) is 0 Å². The number of thiophene rings is 1. The lowest BCUT2D eigenvalue weighted by Crippen LogP contribution is -2.15. The van der Waals surface area contributed by atoms with E-state index in [0.717, 1.165) is 6.07 Å². The van der Waals surface area contributed by atoms with E-state index >= 15 is 0 Å². The molecular formula is C12H8BrFN2O2S. The molecule has 7 heteroatoms. The van der Waals surface area contributed by atoms with E-state index in [1.165, 1.54) is 23.5 Å². The molecule has 2 rings (SSSR count). The number of hydrogen-bond acceptors (Lipinski definition) is 3. The van der Waals surface area contributed by atoms with Gasteiger partial charge in [-0.15, -0.1) is 11.3 Å². The molecule has 19 heavy (non-hydrogen) atoms. The van der Waals surface area contributed by atoms with Gasteiger partial charge in [-0.3, -0.25) is 9.59 Å². The maximum absolute atomic E-state index is 13.5. The highest BCUT2D eigenvalue weighted by Gasteiger charge is 2.13. The average molecular weight is 343 g/mol. The van der Waals surface area contributed by atoms with E-state index in [1.807, 2.05) is 0 Å². The maximum atomic E-state index is 13.5. The molecule has 0 unspecified atom stereocenters. The van der Waals surface area contributed by atoms with Crippen molar-refractivity contribution in [3.63, 3.8) is 0 Å². The number of rotatable bonds is 3. The van der Waals surface area contributed by atoms with Crippen molar-refractivity contribution < 1.29 is 14.0 Å². The number of benzene rings is 1. The fourth-order valence-corrected chi connectivity index (χ4v) is 2.88. The molecule has 0 spiro atoms. The summed E-state index contributed by atoms with van der Waals surface area (Å²) < 4.78 is 14.2. The van der Waals surface area contributed by atoms with Gasteiger partial charge in [-0.25, -0.2) is 4.39 Å². The largest absolute Gasteiger partial charge is 0.366 e. The third-order valence-electron chi connectivity index (χ3n) is 2.32. The van der Waals surface area contributed by atoms with Crippen LogP contribution in [0.5, 0.6) is 0 Å². The summed E-state index contributed by atoms with van der Waals surface area (Å²) >= 11 is 4.50. The number of nitrogens with two attached hydrogens (primary N) is 1. The number of primary amides is 1. The Morgan fingerprint density at radius 2 is 2.05 bits per heavy atom. The topological polar surface area (TPSA) is 72.2 Å². The van der Waals surface area contributed by atoms with E-state index in [4.69, 9.17) is 5.73 Å². The quantitative estimate of drug-likeness (QED) is 0.899. The Hall–Kier alpha value is -1.73. The summed E-state index contributed by atoms with van der Waals surface area (Å²) in [6.45, 7) is 0. The smallest absolute Gasteiger partial charge is 0.266 e. The third kappa shape index (κ3) is 2.99. The summed E-state index contributed by atoms with van der Waals surface area (Å²) in [5, 5.41) is 4.30. The van der Waals surface area contributed by atoms with Crippen LogP contribution < -0.4 is 11.1 Å². The minimum absolute atomic E-state index is 0.213. The molecule has 1 heterocycles. The molecule has 98 valence electrons. The predicted molar refractivity (Wildman–Crippen MR) is 74.9 cm³/mol. The van der Waals surface area contributed by atoms with Gasteiger partial charge in [0.05, 0.1) is 5.56 Å². The van der Waals surface area contributed by atoms with E-state index in [2.05, 4.69) is 21.2 Å². The van der Waals surface area contributed by atoms with Crippen LogP contribution in [0.15, 0.2) is 34.1 Å². The molecule has 0 aliphatic carbocycles. The van der Waals surface area contributed by atoms with E-state index in [-0.39, 0.29) is 17.2 Å². The van der Waals surface area contributed by atoms with Gasteiger partial charge in [-0.2, -0.15) is 0 Å². The zero-order valence-electron chi connectivity index (χ0n) is 9.44. The fraction of sp³-hybridized carbons (Fsp3) is 0. The lowest BCUT2D eigenvalue weighted by atomic mass is 10.2. The van der Waals surface area contributed by atoms with Crippen molar-refractivity contribution in [2.75, 3.05) is 5.32 Å². The standard InChI is InChI=1S/C12H8BrFN2O2S/c13-8-3-4-19-10(8)12(18)16-6-1-2-7(11(15)17)9(14)5-6/h1-5H,(H2,15,17)(H,16,18). The first-order chi connectivity index (χ1) is 8.99. The second-order valence-electron chi connectivity index (χ2n) is 3.61. The number of amides is 2. The number of nitrogens with one attached hydrogen (secondary N) is 1. The molecule has 0 saturated carbocycles. The fourth-order valence-electron chi connectivity index (χ4n) is 1.44. The molecule has 0 bridgehead atoms. The molecule has 1 aromatic carbocycles. The molecule has 0 aliphatic rings. The SMILES string of the molecule is NC(=O)c1ccc(NC(=O)c2sccc2Br)cc1F. The van der Waals surface area contributed by atoms with E-state index < -0.39 is 11.7 Å². The van der Waals surface area contributed by atoms with Gasteiger partial charge in [0.15, 0.2) is 0 Å². The second-order valence-corrected chi connectivity index (χ2v) is 5.38. The highest BCUT2D eigenvalue weighted by molar-refractivity contribution is 9.10. The number of hydrogen-bond donors (Lipinski definition) is 2. The molecule has 4 nitrogen and oxygen atoms in total. The predicted octanol–water partition coefficient (Wildman–Crippen LogP) is 3.00. The van der Waals surface area contributed by atoms with E-state index in [1.54, 1.807) is 11.4 Å². The van der Waals surface area contributed by atoms with E-state index in [0.29, 0.717) is 9.35 Å². The van der Waals surface area contributed by atoms with Crippen molar-refractivity contribution in [2.24, 2.45) is 5.73 Å². The van der Waals surface area contributed by atoms with Crippen molar-refractivity contribution in [3.8, 4) is 0 Å². The van der Waals surface area contributed by atoms with E-state index in [9.17, 15) is 14.0 Å². The summed E-state index contributed by atoms with van der Waals surface area (Å²) in [4.78, 5) is 23.2. The first-order valence-corrected chi connectivity index (χ1v) is 6.80. The Bertz CT molecular complexity index is 657. The van der Waals surface area contributed by atoms with Gasteiger partial charge in [0.1, 0.15) is 10.7 Å². The summed E-state index contributed by atoms with van der Waals surface area (Å²) in [5.41, 5.74) is 5.04. The molecule has 0 atom stereocenters. The number of carbonyl (C=O) groups excluding carboxylic acids is 2. The average Bonchev–Trinajstić information content (AvgIpc) is 2.75. The van der Waals surface area contributed by atoms with Crippen LogP contribution in [0.2, 0.25) is 0 Å². The molecule has 0 aliphatic heterocycles. The van der Waals surface area contributed by atoms with Crippen LogP contribution in [0.3, 0.4) is 0 Å². The molecule has 0 radical (unpaired) electrons. The Balaban J connectivity index is 2.21. The van der Waals surface area contributed by atoms with Gasteiger partial charge < -0.3 is 11.1 Å².